The normalized spacial score (nSPS) is 28.2. The predicted octanol–water partition coefficient (Wildman–Crippen LogP) is 1.81. The summed E-state index contributed by atoms with van der Waals surface area (Å²) in [4.78, 5) is 18.3. The average Bonchev–Trinajstić information content (AvgIpc) is 2.74. The molecule has 25 heavy (non-hydrogen) atoms. The first-order valence-electron chi connectivity index (χ1n) is 8.84. The zero-order chi connectivity index (χ0) is 18.4. The van der Waals surface area contributed by atoms with E-state index in [2.05, 4.69) is 9.88 Å². The average molecular weight is 346 g/mol. The number of aromatic nitrogens is 1. The number of carbonyl (C=O) groups excluding carboxylic acids is 1. The number of carbonyl (C=O) groups is 1. The summed E-state index contributed by atoms with van der Waals surface area (Å²) in [6.07, 6.45) is 2.80. The number of rotatable bonds is 3. The molecule has 0 aliphatic carbocycles. The van der Waals surface area contributed by atoms with Gasteiger partial charge in [0.05, 0.1) is 29.0 Å². The van der Waals surface area contributed by atoms with Gasteiger partial charge < -0.3 is 18.9 Å². The molecule has 0 amide bonds. The number of anilines is 1. The van der Waals surface area contributed by atoms with Crippen molar-refractivity contribution in [1.29, 1.82) is 0 Å². The number of hydrogen-bond donors (Lipinski definition) is 0. The molecule has 2 aliphatic heterocycles. The highest BCUT2D eigenvalue weighted by Gasteiger charge is 2.52. The summed E-state index contributed by atoms with van der Waals surface area (Å²) in [7, 11) is -0.521. The van der Waals surface area contributed by atoms with Crippen molar-refractivity contribution in [2.24, 2.45) is 0 Å². The van der Waals surface area contributed by atoms with Gasteiger partial charge in [0.25, 0.3) is 0 Å². The molecule has 0 spiro atoms. The summed E-state index contributed by atoms with van der Waals surface area (Å²) >= 11 is 0. The summed E-state index contributed by atoms with van der Waals surface area (Å²) < 4.78 is 17.9. The van der Waals surface area contributed by atoms with E-state index >= 15 is 0 Å². The third kappa shape index (κ3) is 3.45. The number of pyridine rings is 1. The van der Waals surface area contributed by atoms with E-state index in [1.54, 1.807) is 6.20 Å². The largest absolute Gasteiger partial charge is 0.496 e. The van der Waals surface area contributed by atoms with Crippen LogP contribution in [0.3, 0.4) is 0 Å². The van der Waals surface area contributed by atoms with E-state index in [0.29, 0.717) is 24.5 Å². The van der Waals surface area contributed by atoms with Crippen molar-refractivity contribution in [3.8, 4) is 0 Å². The molecule has 6 nitrogen and oxygen atoms in total. The molecule has 2 saturated heterocycles. The van der Waals surface area contributed by atoms with Gasteiger partial charge in [-0.2, -0.15) is 0 Å². The molecule has 2 aliphatic rings. The van der Waals surface area contributed by atoms with Gasteiger partial charge in [0.1, 0.15) is 5.82 Å². The molecule has 1 aromatic heterocycles. The van der Waals surface area contributed by atoms with Crippen LogP contribution in [0, 0.1) is 0 Å². The highest BCUT2D eigenvalue weighted by molar-refractivity contribution is 6.62. The molecular formula is C18H27BN2O4. The number of hydrogen-bond acceptors (Lipinski definition) is 6. The fraction of sp³-hybridized carbons (Fsp3) is 0.667. The molecule has 136 valence electrons. The van der Waals surface area contributed by atoms with Crippen LogP contribution in [-0.4, -0.2) is 54.9 Å². The molecule has 2 fully saturated rings. The van der Waals surface area contributed by atoms with Crippen LogP contribution in [0.4, 0.5) is 5.82 Å². The molecule has 0 aromatic carbocycles. The lowest BCUT2D eigenvalue weighted by atomic mass is 9.79. The van der Waals surface area contributed by atoms with Gasteiger partial charge in [-0.1, -0.05) is 0 Å². The van der Waals surface area contributed by atoms with Crippen LogP contribution in [0.2, 0.25) is 0 Å². The molecule has 3 rings (SSSR count). The van der Waals surface area contributed by atoms with Crippen LogP contribution in [0.15, 0.2) is 12.3 Å². The van der Waals surface area contributed by atoms with Gasteiger partial charge in [0.2, 0.25) is 0 Å². The van der Waals surface area contributed by atoms with Crippen molar-refractivity contribution in [2.75, 3.05) is 18.0 Å². The Balaban J connectivity index is 1.87. The maximum absolute atomic E-state index is 11.7. The molecule has 7 heteroatoms. The fourth-order valence-electron chi connectivity index (χ4n) is 3.30. The Morgan fingerprint density at radius 1 is 1.16 bits per heavy atom. The van der Waals surface area contributed by atoms with Crippen molar-refractivity contribution < 1.29 is 18.8 Å². The van der Waals surface area contributed by atoms with Gasteiger partial charge in [-0.3, -0.25) is 4.79 Å². The lowest BCUT2D eigenvalue weighted by Gasteiger charge is -2.36. The Labute approximate surface area is 150 Å². The number of aldehydes is 1. The highest BCUT2D eigenvalue weighted by Crippen LogP contribution is 2.36. The first kappa shape index (κ1) is 18.4. The smallest absolute Gasteiger partial charge is 0.399 e. The summed E-state index contributed by atoms with van der Waals surface area (Å²) in [5.41, 5.74) is 0.465. The SMILES string of the molecule is CC1CN(c2ncc(B3OC(C)(C)C(C)(C)O3)cc2C=O)CC(C)O1. The standard InChI is InChI=1S/C18H27BN2O4/c1-12-9-21(10-13(2)23-12)16-14(11-22)7-15(8-20-16)19-24-17(3,4)18(5,6)25-19/h7-8,11-13H,9-10H2,1-6H3. The quantitative estimate of drug-likeness (QED) is 0.615. The van der Waals surface area contributed by atoms with E-state index in [9.17, 15) is 4.79 Å². The van der Waals surface area contributed by atoms with Gasteiger partial charge in [0, 0.05) is 24.7 Å². The monoisotopic (exact) mass is 346 g/mol. The first-order chi connectivity index (χ1) is 11.6. The lowest BCUT2D eigenvalue weighted by Crippen LogP contribution is -2.46. The molecule has 2 unspecified atom stereocenters. The van der Waals surface area contributed by atoms with E-state index in [1.807, 2.05) is 47.6 Å². The van der Waals surface area contributed by atoms with Crippen molar-refractivity contribution in [1.82, 2.24) is 4.98 Å². The zero-order valence-corrected chi connectivity index (χ0v) is 15.9. The minimum atomic E-state index is -0.521. The van der Waals surface area contributed by atoms with Gasteiger partial charge in [-0.15, -0.1) is 0 Å². The van der Waals surface area contributed by atoms with Crippen molar-refractivity contribution in [3.05, 3.63) is 17.8 Å². The molecule has 3 heterocycles. The summed E-state index contributed by atoms with van der Waals surface area (Å²) in [5, 5.41) is 0. The third-order valence-corrected chi connectivity index (χ3v) is 5.29. The van der Waals surface area contributed by atoms with E-state index in [1.165, 1.54) is 0 Å². The van der Waals surface area contributed by atoms with Crippen LogP contribution in [0.1, 0.15) is 51.9 Å². The molecule has 0 radical (unpaired) electrons. The molecule has 2 atom stereocenters. The van der Waals surface area contributed by atoms with E-state index < -0.39 is 18.3 Å². The highest BCUT2D eigenvalue weighted by atomic mass is 16.7. The topological polar surface area (TPSA) is 60.9 Å². The van der Waals surface area contributed by atoms with E-state index in [4.69, 9.17) is 14.0 Å². The maximum Gasteiger partial charge on any atom is 0.496 e. The second kappa shape index (κ2) is 6.38. The molecule has 0 saturated carbocycles. The molecular weight excluding hydrogens is 319 g/mol. The van der Waals surface area contributed by atoms with Crippen LogP contribution in [0.25, 0.3) is 0 Å². The van der Waals surface area contributed by atoms with Crippen LogP contribution in [0.5, 0.6) is 0 Å². The Morgan fingerprint density at radius 3 is 2.24 bits per heavy atom. The second-order valence-electron chi connectivity index (χ2n) is 8.05. The minimum Gasteiger partial charge on any atom is -0.399 e. The van der Waals surface area contributed by atoms with Crippen LogP contribution in [-0.2, 0) is 14.0 Å². The van der Waals surface area contributed by atoms with Gasteiger partial charge in [-0.25, -0.2) is 4.98 Å². The predicted molar refractivity (Wildman–Crippen MR) is 97.6 cm³/mol. The van der Waals surface area contributed by atoms with E-state index in [0.717, 1.165) is 11.7 Å². The number of nitrogens with zero attached hydrogens (tertiary/aromatic N) is 2. The third-order valence-electron chi connectivity index (χ3n) is 5.29. The second-order valence-corrected chi connectivity index (χ2v) is 8.05. The Bertz CT molecular complexity index is 638. The van der Waals surface area contributed by atoms with Crippen LogP contribution < -0.4 is 10.4 Å². The van der Waals surface area contributed by atoms with Crippen molar-refractivity contribution in [3.63, 3.8) is 0 Å². The molecule has 0 bridgehead atoms. The summed E-state index contributed by atoms with van der Waals surface area (Å²) in [6, 6.07) is 1.82. The van der Waals surface area contributed by atoms with Gasteiger partial charge in [0.15, 0.2) is 6.29 Å². The summed E-state index contributed by atoms with van der Waals surface area (Å²) in [5.74, 6) is 0.692. The summed E-state index contributed by atoms with van der Waals surface area (Å²) in [6.45, 7) is 13.5. The van der Waals surface area contributed by atoms with Gasteiger partial charge >= 0.3 is 7.12 Å². The first-order valence-corrected chi connectivity index (χ1v) is 8.84. The Morgan fingerprint density at radius 2 is 1.72 bits per heavy atom. The zero-order valence-electron chi connectivity index (χ0n) is 15.9. The Kier molecular flexibility index (Phi) is 4.68. The number of morpholine rings is 1. The Hall–Kier alpha value is -1.44. The van der Waals surface area contributed by atoms with Crippen molar-refractivity contribution in [2.45, 2.75) is 65.0 Å². The maximum atomic E-state index is 11.7. The molecule has 1 aromatic rings. The van der Waals surface area contributed by atoms with Crippen LogP contribution >= 0.6 is 0 Å². The molecule has 0 N–H and O–H groups in total. The fourth-order valence-corrected chi connectivity index (χ4v) is 3.30. The lowest BCUT2D eigenvalue weighted by molar-refractivity contribution is -0.00549. The van der Waals surface area contributed by atoms with E-state index in [-0.39, 0.29) is 12.2 Å². The van der Waals surface area contributed by atoms with Crippen molar-refractivity contribution >= 4 is 24.7 Å². The number of ether oxygens (including phenoxy) is 1. The minimum absolute atomic E-state index is 0.104. The van der Waals surface area contributed by atoms with Gasteiger partial charge in [-0.05, 0) is 47.6 Å².